The molecular formula is C17H27ClIN3OS. The first-order chi connectivity index (χ1) is 10.9. The van der Waals surface area contributed by atoms with E-state index in [1.807, 2.05) is 6.07 Å². The van der Waals surface area contributed by atoms with E-state index in [1.54, 1.807) is 11.3 Å². The number of aliphatic imine (C=N–C) groups is 1. The van der Waals surface area contributed by atoms with Crippen LogP contribution in [-0.4, -0.2) is 43.2 Å². The van der Waals surface area contributed by atoms with Gasteiger partial charge in [-0.05, 0) is 25.5 Å². The van der Waals surface area contributed by atoms with Crippen molar-refractivity contribution in [3.8, 4) is 0 Å². The third-order valence-corrected chi connectivity index (χ3v) is 6.29. The van der Waals surface area contributed by atoms with E-state index in [0.717, 1.165) is 36.4 Å². The minimum atomic E-state index is 0. The first-order valence-corrected chi connectivity index (χ1v) is 9.51. The van der Waals surface area contributed by atoms with E-state index in [1.165, 1.54) is 4.88 Å². The Morgan fingerprint density at radius 3 is 2.88 bits per heavy atom. The van der Waals surface area contributed by atoms with Gasteiger partial charge < -0.3 is 15.0 Å². The molecule has 0 amide bonds. The van der Waals surface area contributed by atoms with Crippen LogP contribution < -0.4 is 5.32 Å². The highest BCUT2D eigenvalue weighted by molar-refractivity contribution is 14.0. The smallest absolute Gasteiger partial charge is 0.194 e. The van der Waals surface area contributed by atoms with Crippen LogP contribution in [0.25, 0.3) is 0 Å². The van der Waals surface area contributed by atoms with E-state index in [0.29, 0.717) is 18.1 Å². The molecule has 136 valence electrons. The Balaban J connectivity index is 0.00000208. The van der Waals surface area contributed by atoms with Crippen LogP contribution in [0.4, 0.5) is 0 Å². The molecule has 4 nitrogen and oxygen atoms in total. The molecule has 3 unspecified atom stereocenters. The van der Waals surface area contributed by atoms with Gasteiger partial charge in [0.05, 0.1) is 17.0 Å². The van der Waals surface area contributed by atoms with E-state index >= 15 is 0 Å². The Morgan fingerprint density at radius 1 is 1.50 bits per heavy atom. The Hall–Kier alpha value is -0.0500. The van der Waals surface area contributed by atoms with Crippen molar-refractivity contribution in [2.75, 3.05) is 20.2 Å². The van der Waals surface area contributed by atoms with Crippen LogP contribution in [0.2, 0.25) is 4.34 Å². The summed E-state index contributed by atoms with van der Waals surface area (Å²) in [6.07, 6.45) is 1.54. The molecule has 1 aliphatic carbocycles. The van der Waals surface area contributed by atoms with E-state index in [9.17, 15) is 0 Å². The number of hydrogen-bond acceptors (Lipinski definition) is 3. The fourth-order valence-electron chi connectivity index (χ4n) is 3.93. The van der Waals surface area contributed by atoms with Gasteiger partial charge in [0.15, 0.2) is 5.96 Å². The van der Waals surface area contributed by atoms with Gasteiger partial charge in [0.2, 0.25) is 0 Å². The molecule has 1 N–H and O–H groups in total. The summed E-state index contributed by atoms with van der Waals surface area (Å²) in [5.74, 6) is 1.58. The minimum absolute atomic E-state index is 0. The summed E-state index contributed by atoms with van der Waals surface area (Å²) in [5.41, 5.74) is 0.156. The summed E-state index contributed by atoms with van der Waals surface area (Å²) >= 11 is 7.67. The van der Waals surface area contributed by atoms with Crippen molar-refractivity contribution in [3.63, 3.8) is 0 Å². The Bertz CT molecular complexity index is 592. The van der Waals surface area contributed by atoms with Gasteiger partial charge in [-0.1, -0.05) is 25.4 Å². The largest absolute Gasteiger partial charge is 0.377 e. The lowest BCUT2D eigenvalue weighted by Gasteiger charge is -2.55. The number of hydrogen-bond donors (Lipinski definition) is 1. The molecule has 1 aliphatic heterocycles. The number of thiophene rings is 1. The van der Waals surface area contributed by atoms with Crippen molar-refractivity contribution in [2.45, 2.75) is 45.9 Å². The summed E-state index contributed by atoms with van der Waals surface area (Å²) in [6.45, 7) is 9.14. The summed E-state index contributed by atoms with van der Waals surface area (Å²) in [7, 11) is 2.09. The van der Waals surface area contributed by atoms with Crippen LogP contribution in [0.3, 0.4) is 0 Å². The molecule has 3 rings (SSSR count). The molecule has 2 fully saturated rings. The third kappa shape index (κ3) is 3.86. The van der Waals surface area contributed by atoms with E-state index in [2.05, 4.69) is 44.1 Å². The number of fused-ring (bicyclic) bond motifs is 1. The maximum atomic E-state index is 6.04. The van der Waals surface area contributed by atoms with Crippen LogP contribution in [0.5, 0.6) is 0 Å². The minimum Gasteiger partial charge on any atom is -0.377 e. The average Bonchev–Trinajstić information content (AvgIpc) is 3.11. The highest BCUT2D eigenvalue weighted by Crippen LogP contribution is 2.52. The Morgan fingerprint density at radius 2 is 2.25 bits per heavy atom. The standard InChI is InChI=1S/C17H26ClN3OS.HI/c1-5-19-16(21(4)10-11-6-7-13(18)23-11)20-14-12-8-9-22-15(12)17(14,2)3;/h6-7,12,14-15H,5,8-10H2,1-4H3,(H,19,20);1H. The quantitative estimate of drug-likeness (QED) is 0.396. The summed E-state index contributed by atoms with van der Waals surface area (Å²) < 4.78 is 6.73. The predicted molar refractivity (Wildman–Crippen MR) is 113 cm³/mol. The molecular weight excluding hydrogens is 457 g/mol. The predicted octanol–water partition coefficient (Wildman–Crippen LogP) is 4.23. The maximum Gasteiger partial charge on any atom is 0.194 e. The zero-order valence-electron chi connectivity index (χ0n) is 14.7. The van der Waals surface area contributed by atoms with Gasteiger partial charge in [-0.3, -0.25) is 4.99 Å². The van der Waals surface area contributed by atoms with Gasteiger partial charge in [-0.2, -0.15) is 0 Å². The zero-order chi connectivity index (χ0) is 16.6. The molecule has 1 aromatic rings. The lowest BCUT2D eigenvalue weighted by molar-refractivity contribution is -0.107. The second-order valence-electron chi connectivity index (χ2n) is 7.05. The van der Waals surface area contributed by atoms with E-state index in [-0.39, 0.29) is 29.4 Å². The van der Waals surface area contributed by atoms with E-state index < -0.39 is 0 Å². The monoisotopic (exact) mass is 483 g/mol. The topological polar surface area (TPSA) is 36.9 Å². The first-order valence-electron chi connectivity index (χ1n) is 8.31. The second-order valence-corrected chi connectivity index (χ2v) is 8.85. The van der Waals surface area contributed by atoms with Crippen molar-refractivity contribution in [2.24, 2.45) is 16.3 Å². The lowest BCUT2D eigenvalue weighted by atomic mass is 9.57. The fraction of sp³-hybridized carbons (Fsp3) is 0.706. The number of ether oxygens (including phenoxy) is 1. The molecule has 0 spiro atoms. The summed E-state index contributed by atoms with van der Waals surface area (Å²) in [6, 6.07) is 4.46. The highest BCUT2D eigenvalue weighted by Gasteiger charge is 2.59. The van der Waals surface area contributed by atoms with Crippen molar-refractivity contribution < 1.29 is 4.74 Å². The molecule has 2 aliphatic rings. The average molecular weight is 484 g/mol. The summed E-state index contributed by atoms with van der Waals surface area (Å²) in [4.78, 5) is 8.12. The second kappa shape index (κ2) is 8.10. The van der Waals surface area contributed by atoms with Crippen LogP contribution in [-0.2, 0) is 11.3 Å². The van der Waals surface area contributed by atoms with Crippen LogP contribution in [0.15, 0.2) is 17.1 Å². The van der Waals surface area contributed by atoms with Crippen LogP contribution in [0.1, 0.15) is 32.1 Å². The lowest BCUT2D eigenvalue weighted by Crippen LogP contribution is -2.67. The highest BCUT2D eigenvalue weighted by atomic mass is 127. The molecule has 0 aromatic carbocycles. The normalized spacial score (nSPS) is 27.9. The van der Waals surface area contributed by atoms with Gasteiger partial charge in [-0.15, -0.1) is 35.3 Å². The van der Waals surface area contributed by atoms with Crippen molar-refractivity contribution in [3.05, 3.63) is 21.3 Å². The number of nitrogens with zero attached hydrogens (tertiary/aromatic N) is 2. The molecule has 1 saturated heterocycles. The van der Waals surface area contributed by atoms with Gasteiger partial charge in [0.1, 0.15) is 0 Å². The van der Waals surface area contributed by atoms with Crippen molar-refractivity contribution >= 4 is 52.9 Å². The Labute approximate surface area is 171 Å². The zero-order valence-corrected chi connectivity index (χ0v) is 18.6. The summed E-state index contributed by atoms with van der Waals surface area (Å²) in [5, 5.41) is 3.71. The molecule has 3 atom stereocenters. The van der Waals surface area contributed by atoms with Crippen molar-refractivity contribution in [1.82, 2.24) is 10.2 Å². The molecule has 1 saturated carbocycles. The van der Waals surface area contributed by atoms with Crippen molar-refractivity contribution in [1.29, 1.82) is 0 Å². The number of rotatable bonds is 4. The van der Waals surface area contributed by atoms with Crippen LogP contribution >= 0.6 is 46.9 Å². The van der Waals surface area contributed by atoms with Gasteiger partial charge in [0, 0.05) is 42.5 Å². The van der Waals surface area contributed by atoms with E-state index in [4.69, 9.17) is 21.3 Å². The molecule has 7 heteroatoms. The number of halogens is 2. The number of guanidine groups is 1. The van der Waals surface area contributed by atoms with Gasteiger partial charge in [0.25, 0.3) is 0 Å². The number of nitrogens with one attached hydrogen (secondary N) is 1. The molecule has 0 radical (unpaired) electrons. The molecule has 1 aromatic heterocycles. The first kappa shape index (κ1) is 20.3. The Kier molecular flexibility index (Phi) is 6.84. The molecule has 2 heterocycles. The molecule has 0 bridgehead atoms. The van der Waals surface area contributed by atoms with Gasteiger partial charge in [-0.25, -0.2) is 0 Å². The fourth-order valence-corrected chi connectivity index (χ4v) is 5.07. The van der Waals surface area contributed by atoms with Gasteiger partial charge >= 0.3 is 0 Å². The van der Waals surface area contributed by atoms with Crippen LogP contribution in [0, 0.1) is 11.3 Å². The third-order valence-electron chi connectivity index (χ3n) is 5.08. The molecule has 24 heavy (non-hydrogen) atoms. The SMILES string of the molecule is CCN=C(NC1C2CCOC2C1(C)C)N(C)Cc1ccc(Cl)s1.I. The maximum absolute atomic E-state index is 6.04.